The van der Waals surface area contributed by atoms with E-state index in [0.29, 0.717) is 24.7 Å². The van der Waals surface area contributed by atoms with Gasteiger partial charge in [-0.3, -0.25) is 4.90 Å². The van der Waals surface area contributed by atoms with Gasteiger partial charge in [0.1, 0.15) is 0 Å². The smallest absolute Gasteiger partial charge is 0.175 e. The summed E-state index contributed by atoms with van der Waals surface area (Å²) in [7, 11) is -3.23. The van der Waals surface area contributed by atoms with Crippen molar-refractivity contribution in [3.05, 3.63) is 29.8 Å². The summed E-state index contributed by atoms with van der Waals surface area (Å²) >= 11 is 0. The lowest BCUT2D eigenvalue weighted by atomic mass is 10.1. The van der Waals surface area contributed by atoms with Gasteiger partial charge < -0.3 is 5.11 Å². The average molecular weight is 322 g/mol. The molecule has 1 aliphatic carbocycles. The number of benzene rings is 1. The maximum absolute atomic E-state index is 11.4. The van der Waals surface area contributed by atoms with Crippen molar-refractivity contribution in [3.8, 4) is 6.07 Å². The second-order valence-electron chi connectivity index (χ2n) is 5.88. The zero-order chi connectivity index (χ0) is 16.2. The van der Waals surface area contributed by atoms with E-state index in [9.17, 15) is 13.5 Å². The summed E-state index contributed by atoms with van der Waals surface area (Å²) < 4.78 is 22.9. The summed E-state index contributed by atoms with van der Waals surface area (Å²) in [6.45, 7) is 0.708. The van der Waals surface area contributed by atoms with Crippen molar-refractivity contribution < 1.29 is 13.5 Å². The number of nitrogens with zero attached hydrogens (tertiary/aromatic N) is 2. The minimum Gasteiger partial charge on any atom is -0.387 e. The molecule has 5 nitrogen and oxygen atoms in total. The largest absolute Gasteiger partial charge is 0.387 e. The SMILES string of the molecule is CS(=O)(=O)c1ccc(C(O)CN(CC#N)C2CCCC2)cc1. The van der Waals surface area contributed by atoms with Crippen LogP contribution in [0, 0.1) is 11.3 Å². The predicted molar refractivity (Wildman–Crippen MR) is 84.0 cm³/mol. The van der Waals surface area contributed by atoms with Gasteiger partial charge in [0.05, 0.1) is 23.6 Å². The Balaban J connectivity index is 2.06. The molecule has 1 aromatic carbocycles. The Kier molecular flexibility index (Phi) is 5.57. The van der Waals surface area contributed by atoms with E-state index in [1.54, 1.807) is 12.1 Å². The van der Waals surface area contributed by atoms with Gasteiger partial charge in [-0.2, -0.15) is 5.26 Å². The molecule has 1 fully saturated rings. The maximum atomic E-state index is 11.4. The molecule has 0 aromatic heterocycles. The Bertz CT molecular complexity index is 628. The Morgan fingerprint density at radius 2 is 1.91 bits per heavy atom. The van der Waals surface area contributed by atoms with Crippen molar-refractivity contribution in [1.82, 2.24) is 4.90 Å². The number of sulfone groups is 1. The normalized spacial score (nSPS) is 17.5. The van der Waals surface area contributed by atoms with E-state index in [1.807, 2.05) is 4.90 Å². The molecule has 1 aromatic rings. The number of aliphatic hydroxyl groups is 1. The molecule has 1 saturated carbocycles. The highest BCUT2D eigenvalue weighted by Gasteiger charge is 2.24. The van der Waals surface area contributed by atoms with Gasteiger partial charge in [0.25, 0.3) is 0 Å². The highest BCUT2D eigenvalue weighted by molar-refractivity contribution is 7.90. The second-order valence-corrected chi connectivity index (χ2v) is 7.90. The zero-order valence-corrected chi connectivity index (χ0v) is 13.6. The van der Waals surface area contributed by atoms with Crippen LogP contribution < -0.4 is 0 Å². The zero-order valence-electron chi connectivity index (χ0n) is 12.8. The van der Waals surface area contributed by atoms with Crippen LogP contribution in [0.3, 0.4) is 0 Å². The number of hydrogen-bond acceptors (Lipinski definition) is 5. The number of rotatable bonds is 6. The summed E-state index contributed by atoms with van der Waals surface area (Å²) in [4.78, 5) is 2.27. The summed E-state index contributed by atoms with van der Waals surface area (Å²) in [5.74, 6) is 0. The molecule has 120 valence electrons. The van der Waals surface area contributed by atoms with Crippen LogP contribution in [0.15, 0.2) is 29.2 Å². The summed E-state index contributed by atoms with van der Waals surface area (Å²) in [5, 5.41) is 19.3. The molecule has 1 N–H and O–H groups in total. The number of aliphatic hydroxyl groups excluding tert-OH is 1. The minimum absolute atomic E-state index is 0.244. The van der Waals surface area contributed by atoms with Crippen LogP contribution >= 0.6 is 0 Å². The fourth-order valence-corrected chi connectivity index (χ4v) is 3.60. The fourth-order valence-electron chi connectivity index (χ4n) is 2.97. The molecule has 22 heavy (non-hydrogen) atoms. The highest BCUT2D eigenvalue weighted by Crippen LogP contribution is 2.25. The number of nitriles is 1. The molecule has 6 heteroatoms. The van der Waals surface area contributed by atoms with Crippen LogP contribution in [0.4, 0.5) is 0 Å². The molecule has 0 bridgehead atoms. The van der Waals surface area contributed by atoms with Crippen molar-refractivity contribution in [2.24, 2.45) is 0 Å². The Morgan fingerprint density at radius 3 is 2.41 bits per heavy atom. The Labute approximate surface area is 132 Å². The molecule has 1 unspecified atom stereocenters. The van der Waals surface area contributed by atoms with Gasteiger partial charge in [0, 0.05) is 18.8 Å². The highest BCUT2D eigenvalue weighted by atomic mass is 32.2. The van der Waals surface area contributed by atoms with Gasteiger partial charge in [-0.1, -0.05) is 25.0 Å². The van der Waals surface area contributed by atoms with Crippen LogP contribution in [0.25, 0.3) is 0 Å². The minimum atomic E-state index is -3.23. The van der Waals surface area contributed by atoms with Crippen molar-refractivity contribution in [2.45, 2.75) is 42.7 Å². The summed E-state index contributed by atoms with van der Waals surface area (Å²) in [6.07, 6.45) is 4.93. The predicted octanol–water partition coefficient (Wildman–Crippen LogP) is 1.89. The third-order valence-electron chi connectivity index (χ3n) is 4.22. The van der Waals surface area contributed by atoms with Gasteiger partial charge >= 0.3 is 0 Å². The van der Waals surface area contributed by atoms with Gasteiger partial charge in [-0.25, -0.2) is 8.42 Å². The first-order valence-electron chi connectivity index (χ1n) is 7.51. The van der Waals surface area contributed by atoms with Crippen LogP contribution in [0.5, 0.6) is 0 Å². The van der Waals surface area contributed by atoms with E-state index in [1.165, 1.54) is 25.0 Å². The molecule has 0 aliphatic heterocycles. The second kappa shape index (κ2) is 7.23. The third-order valence-corrected chi connectivity index (χ3v) is 5.34. The lowest BCUT2D eigenvalue weighted by molar-refractivity contribution is 0.0967. The molecule has 2 rings (SSSR count). The van der Waals surface area contributed by atoms with Crippen molar-refractivity contribution in [3.63, 3.8) is 0 Å². The van der Waals surface area contributed by atoms with Crippen LogP contribution in [0.1, 0.15) is 37.4 Å². The van der Waals surface area contributed by atoms with Gasteiger partial charge in [0.2, 0.25) is 0 Å². The molecular weight excluding hydrogens is 300 g/mol. The first-order chi connectivity index (χ1) is 10.4. The maximum Gasteiger partial charge on any atom is 0.175 e. The van der Waals surface area contributed by atoms with Gasteiger partial charge in [-0.05, 0) is 30.5 Å². The van der Waals surface area contributed by atoms with E-state index < -0.39 is 15.9 Å². The van der Waals surface area contributed by atoms with Crippen molar-refractivity contribution in [2.75, 3.05) is 19.3 Å². The fraction of sp³-hybridized carbons (Fsp3) is 0.562. The molecule has 0 spiro atoms. The number of hydrogen-bond donors (Lipinski definition) is 1. The third kappa shape index (κ3) is 4.29. The van der Waals surface area contributed by atoms with Crippen LogP contribution in [-0.4, -0.2) is 43.8 Å². The van der Waals surface area contributed by atoms with E-state index in [4.69, 9.17) is 5.26 Å². The first-order valence-corrected chi connectivity index (χ1v) is 9.40. The van der Waals surface area contributed by atoms with E-state index >= 15 is 0 Å². The van der Waals surface area contributed by atoms with E-state index in [2.05, 4.69) is 6.07 Å². The topological polar surface area (TPSA) is 81.4 Å². The van der Waals surface area contributed by atoms with Crippen LogP contribution in [0.2, 0.25) is 0 Å². The van der Waals surface area contributed by atoms with Crippen molar-refractivity contribution >= 4 is 9.84 Å². The molecule has 0 radical (unpaired) electrons. The molecule has 1 atom stereocenters. The van der Waals surface area contributed by atoms with Gasteiger partial charge in [-0.15, -0.1) is 0 Å². The average Bonchev–Trinajstić information content (AvgIpc) is 3.00. The first kappa shape index (κ1) is 16.9. The molecule has 0 heterocycles. The van der Waals surface area contributed by atoms with Gasteiger partial charge in [0.15, 0.2) is 9.84 Å². The quantitative estimate of drug-likeness (QED) is 0.809. The molecule has 1 aliphatic rings. The standard InChI is InChI=1S/C16H22N2O3S/c1-22(20,21)15-8-6-13(7-9-15)16(19)12-18(11-10-17)14-4-2-3-5-14/h6-9,14,16,19H,2-5,11-12H2,1H3. The van der Waals surface area contributed by atoms with E-state index in [-0.39, 0.29) is 4.90 Å². The van der Waals surface area contributed by atoms with Crippen LogP contribution in [-0.2, 0) is 9.84 Å². The molecule has 0 amide bonds. The Hall–Kier alpha value is -1.42. The lowest BCUT2D eigenvalue weighted by Crippen LogP contribution is -2.37. The Morgan fingerprint density at radius 1 is 1.32 bits per heavy atom. The molecular formula is C16H22N2O3S. The lowest BCUT2D eigenvalue weighted by Gasteiger charge is -2.28. The monoisotopic (exact) mass is 322 g/mol. The summed E-state index contributed by atoms with van der Waals surface area (Å²) in [5.41, 5.74) is 0.674. The van der Waals surface area contributed by atoms with E-state index in [0.717, 1.165) is 19.1 Å². The summed E-state index contributed by atoms with van der Waals surface area (Å²) in [6, 6.07) is 8.83. The van der Waals surface area contributed by atoms with Crippen molar-refractivity contribution in [1.29, 1.82) is 5.26 Å². The molecule has 0 saturated heterocycles.